The van der Waals surface area contributed by atoms with Gasteiger partial charge in [0, 0.05) is 26.2 Å². The number of methoxy groups -OCH3 is 1. The van der Waals surface area contributed by atoms with Gasteiger partial charge in [-0.25, -0.2) is 0 Å². The van der Waals surface area contributed by atoms with Crippen molar-refractivity contribution >= 4 is 0 Å². The number of nitrogens with zero attached hydrogens (tertiary/aromatic N) is 1. The van der Waals surface area contributed by atoms with Gasteiger partial charge < -0.3 is 10.5 Å². The van der Waals surface area contributed by atoms with Crippen LogP contribution in [0.15, 0.2) is 24.3 Å². The van der Waals surface area contributed by atoms with Crippen molar-refractivity contribution in [1.29, 1.82) is 0 Å². The van der Waals surface area contributed by atoms with Crippen molar-refractivity contribution < 1.29 is 4.74 Å². The van der Waals surface area contributed by atoms with E-state index in [4.69, 9.17) is 10.5 Å². The van der Waals surface area contributed by atoms with Gasteiger partial charge in [0.25, 0.3) is 0 Å². The first-order chi connectivity index (χ1) is 9.80. The fraction of sp³-hybridized carbons (Fsp3) is 0.647. The van der Waals surface area contributed by atoms with Crippen LogP contribution < -0.4 is 5.73 Å². The zero-order chi connectivity index (χ0) is 14.4. The topological polar surface area (TPSA) is 38.5 Å². The monoisotopic (exact) mass is 276 g/mol. The highest BCUT2D eigenvalue weighted by Gasteiger charge is 2.28. The molecule has 0 spiro atoms. The van der Waals surface area contributed by atoms with Crippen molar-refractivity contribution in [3.8, 4) is 0 Å². The molecule has 112 valence electrons. The van der Waals surface area contributed by atoms with Crippen LogP contribution in [0, 0.1) is 5.92 Å². The van der Waals surface area contributed by atoms with Crippen molar-refractivity contribution in [3.05, 3.63) is 35.4 Å². The number of hydrogen-bond acceptors (Lipinski definition) is 3. The van der Waals surface area contributed by atoms with Crippen LogP contribution >= 0.6 is 0 Å². The molecule has 1 aliphatic rings. The second kappa shape index (κ2) is 7.77. The summed E-state index contributed by atoms with van der Waals surface area (Å²) in [5.41, 5.74) is 8.72. The van der Waals surface area contributed by atoms with Crippen LogP contribution in [-0.4, -0.2) is 31.6 Å². The first kappa shape index (κ1) is 15.5. The Kier molecular flexibility index (Phi) is 6.02. The molecule has 3 heteroatoms. The average molecular weight is 276 g/mol. The van der Waals surface area contributed by atoms with Gasteiger partial charge >= 0.3 is 0 Å². The van der Waals surface area contributed by atoms with Crippen LogP contribution in [-0.2, 0) is 11.3 Å². The van der Waals surface area contributed by atoms with Crippen LogP contribution in [0.5, 0.6) is 0 Å². The van der Waals surface area contributed by atoms with E-state index in [9.17, 15) is 0 Å². The van der Waals surface area contributed by atoms with E-state index in [-0.39, 0.29) is 0 Å². The first-order valence-corrected chi connectivity index (χ1v) is 7.81. The number of nitrogens with two attached hydrogens (primary N) is 1. The van der Waals surface area contributed by atoms with Gasteiger partial charge in [0.15, 0.2) is 0 Å². The molecule has 20 heavy (non-hydrogen) atoms. The summed E-state index contributed by atoms with van der Waals surface area (Å²) in [5, 5.41) is 0. The molecule has 2 N–H and O–H groups in total. The Morgan fingerprint density at radius 1 is 1.35 bits per heavy atom. The summed E-state index contributed by atoms with van der Waals surface area (Å²) in [6, 6.07) is 8.88. The number of rotatable bonds is 9. The fourth-order valence-corrected chi connectivity index (χ4v) is 2.91. The lowest BCUT2D eigenvalue weighted by Gasteiger charge is -2.32. The molecule has 1 unspecified atom stereocenters. The van der Waals surface area contributed by atoms with E-state index in [1.807, 2.05) is 0 Å². The molecule has 0 amide bonds. The van der Waals surface area contributed by atoms with Gasteiger partial charge in [-0.1, -0.05) is 31.2 Å². The van der Waals surface area contributed by atoms with E-state index in [1.54, 1.807) is 7.11 Å². The van der Waals surface area contributed by atoms with Crippen molar-refractivity contribution in [2.75, 3.05) is 26.7 Å². The minimum absolute atomic E-state index is 0.321. The molecule has 1 fully saturated rings. The van der Waals surface area contributed by atoms with Gasteiger partial charge in [0.1, 0.15) is 0 Å². The van der Waals surface area contributed by atoms with Crippen LogP contribution in [0.1, 0.15) is 43.4 Å². The largest absolute Gasteiger partial charge is 0.380 e. The molecule has 0 saturated heterocycles. The van der Waals surface area contributed by atoms with Gasteiger partial charge in [0.05, 0.1) is 6.61 Å². The average Bonchev–Trinajstić information content (AvgIpc) is 3.26. The molecular weight excluding hydrogens is 248 g/mol. The van der Waals surface area contributed by atoms with E-state index >= 15 is 0 Å². The van der Waals surface area contributed by atoms with E-state index in [1.165, 1.54) is 36.9 Å². The lowest BCUT2D eigenvalue weighted by molar-refractivity contribution is 0.172. The zero-order valence-electron chi connectivity index (χ0n) is 12.8. The quantitative estimate of drug-likeness (QED) is 0.753. The number of benzene rings is 1. The molecule has 0 aliphatic heterocycles. The lowest BCUT2D eigenvalue weighted by Crippen LogP contribution is -2.36. The van der Waals surface area contributed by atoms with E-state index in [0.717, 1.165) is 12.5 Å². The van der Waals surface area contributed by atoms with Gasteiger partial charge in [0.2, 0.25) is 0 Å². The molecule has 0 radical (unpaired) electrons. The molecule has 1 atom stereocenters. The number of hydrogen-bond donors (Lipinski definition) is 1. The summed E-state index contributed by atoms with van der Waals surface area (Å²) in [7, 11) is 1.75. The highest BCUT2D eigenvalue weighted by Crippen LogP contribution is 2.33. The first-order valence-electron chi connectivity index (χ1n) is 7.81. The third kappa shape index (κ3) is 4.05. The normalized spacial score (nSPS) is 16.6. The van der Waals surface area contributed by atoms with Gasteiger partial charge in [-0.2, -0.15) is 0 Å². The SMILES string of the molecule is CCCN(CC1CC1)C(CN)c1ccccc1COC. The van der Waals surface area contributed by atoms with Gasteiger partial charge in [-0.05, 0) is 42.9 Å². The Hall–Kier alpha value is -0.900. The third-order valence-corrected chi connectivity index (χ3v) is 4.08. The second-order valence-corrected chi connectivity index (χ2v) is 5.82. The standard InChI is InChI=1S/C17H28N2O/c1-3-10-19(12-14-8-9-14)17(11-18)16-7-5-4-6-15(16)13-20-2/h4-7,14,17H,3,8-13,18H2,1-2H3. The smallest absolute Gasteiger partial charge is 0.0716 e. The molecule has 1 aromatic carbocycles. The summed E-state index contributed by atoms with van der Waals surface area (Å²) < 4.78 is 5.34. The lowest BCUT2D eigenvalue weighted by atomic mass is 9.98. The molecule has 3 nitrogen and oxygen atoms in total. The highest BCUT2D eigenvalue weighted by atomic mass is 16.5. The summed E-state index contributed by atoms with van der Waals surface area (Å²) in [6.45, 7) is 5.90. The Labute approximate surface area is 123 Å². The molecule has 0 heterocycles. The van der Waals surface area contributed by atoms with Crippen molar-refractivity contribution in [1.82, 2.24) is 4.90 Å². The fourth-order valence-electron chi connectivity index (χ4n) is 2.91. The highest BCUT2D eigenvalue weighted by molar-refractivity contribution is 5.30. The van der Waals surface area contributed by atoms with Crippen LogP contribution in [0.2, 0.25) is 0 Å². The Balaban J connectivity index is 2.19. The molecule has 0 aromatic heterocycles. The van der Waals surface area contributed by atoms with Gasteiger partial charge in [-0.15, -0.1) is 0 Å². The molecule has 2 rings (SSSR count). The Morgan fingerprint density at radius 3 is 2.70 bits per heavy atom. The van der Waals surface area contributed by atoms with E-state index in [0.29, 0.717) is 19.2 Å². The second-order valence-electron chi connectivity index (χ2n) is 5.82. The molecule has 1 saturated carbocycles. The molecular formula is C17H28N2O. The van der Waals surface area contributed by atoms with Crippen molar-refractivity contribution in [2.45, 2.75) is 38.8 Å². The van der Waals surface area contributed by atoms with E-state index < -0.39 is 0 Å². The van der Waals surface area contributed by atoms with Crippen LogP contribution in [0.25, 0.3) is 0 Å². The molecule has 1 aliphatic carbocycles. The maximum absolute atomic E-state index is 6.11. The van der Waals surface area contributed by atoms with Crippen LogP contribution in [0.4, 0.5) is 0 Å². The van der Waals surface area contributed by atoms with Crippen LogP contribution in [0.3, 0.4) is 0 Å². The van der Waals surface area contributed by atoms with Crippen molar-refractivity contribution in [2.24, 2.45) is 11.7 Å². The predicted octanol–water partition coefficient (Wildman–Crippen LogP) is 2.95. The molecule has 0 bridgehead atoms. The minimum Gasteiger partial charge on any atom is -0.380 e. The minimum atomic E-state index is 0.321. The van der Waals surface area contributed by atoms with Crippen molar-refractivity contribution in [3.63, 3.8) is 0 Å². The molecule has 1 aromatic rings. The zero-order valence-corrected chi connectivity index (χ0v) is 12.8. The summed E-state index contributed by atoms with van der Waals surface area (Å²) >= 11 is 0. The Morgan fingerprint density at radius 2 is 2.10 bits per heavy atom. The van der Waals surface area contributed by atoms with E-state index in [2.05, 4.69) is 36.1 Å². The predicted molar refractivity (Wildman–Crippen MR) is 83.5 cm³/mol. The maximum atomic E-state index is 6.11. The Bertz CT molecular complexity index is 404. The summed E-state index contributed by atoms with van der Waals surface area (Å²) in [6.07, 6.45) is 3.95. The summed E-state index contributed by atoms with van der Waals surface area (Å²) in [4.78, 5) is 2.58. The third-order valence-electron chi connectivity index (χ3n) is 4.08. The van der Waals surface area contributed by atoms with Gasteiger partial charge in [-0.3, -0.25) is 4.90 Å². The summed E-state index contributed by atoms with van der Waals surface area (Å²) in [5.74, 6) is 0.894. The number of ether oxygens (including phenoxy) is 1. The maximum Gasteiger partial charge on any atom is 0.0716 e.